The zero-order valence-electron chi connectivity index (χ0n) is 16.6. The van der Waals surface area contributed by atoms with E-state index in [1.165, 1.54) is 0 Å². The summed E-state index contributed by atoms with van der Waals surface area (Å²) in [5.74, 6) is -4.71. The maximum absolute atomic E-state index is 12.6. The molecule has 1 aromatic rings. The number of rotatable bonds is 11. The number of carbonyl (C=O) groups excluding carboxylic acids is 4. The SMILES string of the molecule is CC(C)[C@H](NC(=O)[C@H](CS)NC(=O)c1ccccc1)C(=O)N[C@@H](CC(N)=O)C(=O)O. The molecule has 0 aliphatic carbocycles. The molecule has 11 heteroatoms. The molecule has 0 spiro atoms. The Bertz CT molecular complexity index is 786. The van der Waals surface area contributed by atoms with Crippen LogP contribution in [0.5, 0.6) is 0 Å². The molecule has 4 amide bonds. The maximum Gasteiger partial charge on any atom is 0.326 e. The molecule has 0 bridgehead atoms. The summed E-state index contributed by atoms with van der Waals surface area (Å²) in [5.41, 5.74) is 5.36. The molecule has 0 aromatic heterocycles. The second kappa shape index (κ2) is 11.8. The third kappa shape index (κ3) is 7.74. The average molecular weight is 439 g/mol. The Morgan fingerprint density at radius 1 is 0.967 bits per heavy atom. The highest BCUT2D eigenvalue weighted by molar-refractivity contribution is 7.80. The van der Waals surface area contributed by atoms with Crippen molar-refractivity contribution in [1.82, 2.24) is 16.0 Å². The van der Waals surface area contributed by atoms with Crippen LogP contribution in [0.3, 0.4) is 0 Å². The number of hydrogen-bond acceptors (Lipinski definition) is 6. The van der Waals surface area contributed by atoms with Crippen molar-refractivity contribution in [2.45, 2.75) is 38.4 Å². The number of amides is 4. The Morgan fingerprint density at radius 3 is 2.03 bits per heavy atom. The minimum absolute atomic E-state index is 0.0315. The van der Waals surface area contributed by atoms with Crippen LogP contribution in [-0.2, 0) is 19.2 Å². The van der Waals surface area contributed by atoms with Gasteiger partial charge in [0.25, 0.3) is 5.91 Å². The van der Waals surface area contributed by atoms with Crippen LogP contribution >= 0.6 is 12.6 Å². The highest BCUT2D eigenvalue weighted by Gasteiger charge is 2.31. The molecular formula is C19H26N4O6S. The van der Waals surface area contributed by atoms with Crippen LogP contribution < -0.4 is 21.7 Å². The van der Waals surface area contributed by atoms with E-state index in [4.69, 9.17) is 10.8 Å². The third-order valence-corrected chi connectivity index (χ3v) is 4.47. The van der Waals surface area contributed by atoms with Gasteiger partial charge >= 0.3 is 5.97 Å². The predicted octanol–water partition coefficient (Wildman–Crippen LogP) is -0.700. The molecule has 1 aromatic carbocycles. The lowest BCUT2D eigenvalue weighted by Gasteiger charge is -2.26. The van der Waals surface area contributed by atoms with Crippen LogP contribution in [0, 0.1) is 5.92 Å². The lowest BCUT2D eigenvalue weighted by atomic mass is 10.0. The van der Waals surface area contributed by atoms with Crippen molar-refractivity contribution in [3.63, 3.8) is 0 Å². The molecule has 1 rings (SSSR count). The smallest absolute Gasteiger partial charge is 0.326 e. The summed E-state index contributed by atoms with van der Waals surface area (Å²) in [6.45, 7) is 3.29. The molecule has 30 heavy (non-hydrogen) atoms. The van der Waals surface area contributed by atoms with Crippen molar-refractivity contribution in [3.8, 4) is 0 Å². The van der Waals surface area contributed by atoms with Gasteiger partial charge in [-0.2, -0.15) is 12.6 Å². The summed E-state index contributed by atoms with van der Waals surface area (Å²) < 4.78 is 0. The van der Waals surface area contributed by atoms with E-state index in [2.05, 4.69) is 28.6 Å². The van der Waals surface area contributed by atoms with Gasteiger partial charge in [-0.05, 0) is 18.1 Å². The molecule has 0 fully saturated rings. The molecule has 10 nitrogen and oxygen atoms in total. The summed E-state index contributed by atoms with van der Waals surface area (Å²) in [7, 11) is 0. The standard InChI is InChI=1S/C19H26N4O6S/c1-10(2)15(18(27)21-12(19(28)29)8-14(20)24)23-17(26)13(9-30)22-16(25)11-6-4-3-5-7-11/h3-7,10,12-13,15,30H,8-9H2,1-2H3,(H2,20,24)(H,21,27)(H,22,25)(H,23,26)(H,28,29)/t12-,13-,15-/m0/s1. The first kappa shape index (κ1) is 25.0. The maximum atomic E-state index is 12.6. The Labute approximate surface area is 179 Å². The summed E-state index contributed by atoms with van der Waals surface area (Å²) in [6.07, 6.45) is -0.591. The van der Waals surface area contributed by atoms with Crippen molar-refractivity contribution in [2.75, 3.05) is 5.75 Å². The number of benzene rings is 1. The van der Waals surface area contributed by atoms with E-state index in [0.717, 1.165) is 0 Å². The molecule has 164 valence electrons. The molecule has 0 saturated carbocycles. The van der Waals surface area contributed by atoms with Crippen LogP contribution in [0.2, 0.25) is 0 Å². The van der Waals surface area contributed by atoms with Gasteiger partial charge in [-0.1, -0.05) is 32.0 Å². The van der Waals surface area contributed by atoms with E-state index in [-0.39, 0.29) is 5.75 Å². The monoisotopic (exact) mass is 438 g/mol. The molecule has 6 N–H and O–H groups in total. The Hall–Kier alpha value is -3.08. The number of carbonyl (C=O) groups is 5. The van der Waals surface area contributed by atoms with Crippen LogP contribution in [0.1, 0.15) is 30.6 Å². The van der Waals surface area contributed by atoms with Gasteiger partial charge in [-0.3, -0.25) is 19.2 Å². The van der Waals surface area contributed by atoms with Gasteiger partial charge in [0.05, 0.1) is 6.42 Å². The lowest BCUT2D eigenvalue weighted by Crippen LogP contribution is -2.58. The van der Waals surface area contributed by atoms with Crippen LogP contribution in [0.15, 0.2) is 30.3 Å². The number of thiol groups is 1. The number of nitrogens with two attached hydrogens (primary N) is 1. The fraction of sp³-hybridized carbons (Fsp3) is 0.421. The fourth-order valence-corrected chi connectivity index (χ4v) is 2.73. The average Bonchev–Trinajstić information content (AvgIpc) is 2.69. The van der Waals surface area contributed by atoms with Crippen molar-refractivity contribution in [1.29, 1.82) is 0 Å². The highest BCUT2D eigenvalue weighted by atomic mass is 32.1. The molecule has 0 saturated heterocycles. The van der Waals surface area contributed by atoms with Gasteiger partial charge in [0.1, 0.15) is 18.1 Å². The molecule has 0 aliphatic rings. The number of carboxylic acid groups (broad SMARTS) is 1. The van der Waals surface area contributed by atoms with Crippen molar-refractivity contribution >= 4 is 42.2 Å². The summed E-state index contributed by atoms with van der Waals surface area (Å²) in [6, 6.07) is 4.60. The summed E-state index contributed by atoms with van der Waals surface area (Å²) in [5, 5.41) is 16.4. The second-order valence-corrected chi connectivity index (χ2v) is 7.24. The van der Waals surface area contributed by atoms with Gasteiger partial charge in [-0.25, -0.2) is 4.79 Å². The zero-order chi connectivity index (χ0) is 22.8. The van der Waals surface area contributed by atoms with Gasteiger partial charge in [-0.15, -0.1) is 0 Å². The fourth-order valence-electron chi connectivity index (χ4n) is 2.48. The molecule has 0 heterocycles. The van der Waals surface area contributed by atoms with Gasteiger partial charge in [0.2, 0.25) is 17.7 Å². The number of carboxylic acids is 1. The minimum atomic E-state index is -1.52. The van der Waals surface area contributed by atoms with E-state index >= 15 is 0 Å². The third-order valence-electron chi connectivity index (χ3n) is 4.11. The van der Waals surface area contributed by atoms with Gasteiger partial charge < -0.3 is 26.8 Å². The van der Waals surface area contributed by atoms with Gasteiger partial charge in [0.15, 0.2) is 0 Å². The van der Waals surface area contributed by atoms with Gasteiger partial charge in [0, 0.05) is 11.3 Å². The van der Waals surface area contributed by atoms with Crippen molar-refractivity contribution in [3.05, 3.63) is 35.9 Å². The first-order valence-electron chi connectivity index (χ1n) is 9.15. The van der Waals surface area contributed by atoms with E-state index in [1.54, 1.807) is 44.2 Å². The number of hydrogen-bond donors (Lipinski definition) is 6. The first-order chi connectivity index (χ1) is 14.1. The highest BCUT2D eigenvalue weighted by Crippen LogP contribution is 2.06. The van der Waals surface area contributed by atoms with E-state index in [9.17, 15) is 24.0 Å². The van der Waals surface area contributed by atoms with E-state index in [0.29, 0.717) is 5.56 Å². The zero-order valence-corrected chi connectivity index (χ0v) is 17.5. The second-order valence-electron chi connectivity index (χ2n) is 6.87. The Morgan fingerprint density at radius 2 is 1.57 bits per heavy atom. The Kier molecular flexibility index (Phi) is 9.82. The quantitative estimate of drug-likeness (QED) is 0.250. The van der Waals surface area contributed by atoms with Crippen LogP contribution in [0.25, 0.3) is 0 Å². The van der Waals surface area contributed by atoms with Crippen molar-refractivity contribution < 1.29 is 29.1 Å². The molecule has 3 atom stereocenters. The van der Waals surface area contributed by atoms with Crippen LogP contribution in [0.4, 0.5) is 0 Å². The first-order valence-corrected chi connectivity index (χ1v) is 9.78. The van der Waals surface area contributed by atoms with E-state index in [1.807, 2.05) is 0 Å². The van der Waals surface area contributed by atoms with Crippen LogP contribution in [-0.4, -0.2) is 58.6 Å². The molecular weight excluding hydrogens is 412 g/mol. The molecule has 0 radical (unpaired) electrons. The molecule has 0 unspecified atom stereocenters. The largest absolute Gasteiger partial charge is 0.480 e. The normalized spacial score (nSPS) is 13.6. The topological polar surface area (TPSA) is 168 Å². The minimum Gasteiger partial charge on any atom is -0.480 e. The molecule has 0 aliphatic heterocycles. The lowest BCUT2D eigenvalue weighted by molar-refractivity contribution is -0.144. The number of nitrogens with one attached hydrogen (secondary N) is 3. The number of primary amides is 1. The summed E-state index contributed by atoms with van der Waals surface area (Å²) in [4.78, 5) is 59.7. The number of aliphatic carboxylic acids is 1. The van der Waals surface area contributed by atoms with E-state index < -0.39 is 60.1 Å². The Balaban J connectivity index is 2.85. The predicted molar refractivity (Wildman–Crippen MR) is 112 cm³/mol. The van der Waals surface area contributed by atoms with Crippen molar-refractivity contribution in [2.24, 2.45) is 11.7 Å². The summed E-state index contributed by atoms with van der Waals surface area (Å²) >= 11 is 4.08.